The van der Waals surface area contributed by atoms with Crippen LogP contribution in [-0.2, 0) is 9.53 Å². The van der Waals surface area contributed by atoms with Crippen LogP contribution in [0.5, 0.6) is 5.75 Å². The molecule has 7 heteroatoms. The molecule has 1 amide bonds. The molecule has 0 aliphatic heterocycles. The molecule has 0 heterocycles. The molecule has 0 aliphatic rings. The molecule has 1 atom stereocenters. The van der Waals surface area contributed by atoms with Gasteiger partial charge in [-0.25, -0.2) is 9.59 Å². The van der Waals surface area contributed by atoms with Crippen molar-refractivity contribution in [3.8, 4) is 5.75 Å². The Balaban J connectivity index is 3.19. The van der Waals surface area contributed by atoms with Crippen LogP contribution in [0.4, 0.5) is 10.5 Å². The highest BCUT2D eigenvalue weighted by molar-refractivity contribution is 7.80. The number of nitrogens with zero attached hydrogens (tertiary/aromatic N) is 1. The van der Waals surface area contributed by atoms with Crippen LogP contribution in [0.2, 0.25) is 0 Å². The number of anilines is 1. The second-order valence-corrected chi connectivity index (χ2v) is 5.77. The lowest BCUT2D eigenvalue weighted by atomic mass is 10.2. The maximum Gasteiger partial charge on any atom is 0.415 e. The van der Waals surface area contributed by atoms with E-state index >= 15 is 0 Å². The number of aromatic hydroxyl groups is 1. The molecule has 2 N–H and O–H groups in total. The number of benzene rings is 1. The van der Waals surface area contributed by atoms with E-state index in [1.807, 2.05) is 0 Å². The molecule has 0 saturated carbocycles. The zero-order valence-electron chi connectivity index (χ0n) is 12.1. The van der Waals surface area contributed by atoms with Crippen molar-refractivity contribution in [1.29, 1.82) is 0 Å². The monoisotopic (exact) mass is 313 g/mol. The van der Waals surface area contributed by atoms with Crippen LogP contribution < -0.4 is 4.90 Å². The van der Waals surface area contributed by atoms with Gasteiger partial charge in [0.2, 0.25) is 0 Å². The fourth-order valence-electron chi connectivity index (χ4n) is 1.61. The number of aliphatic carboxylic acids is 1. The van der Waals surface area contributed by atoms with Gasteiger partial charge in [0.15, 0.2) is 0 Å². The average Bonchev–Trinajstić information content (AvgIpc) is 2.34. The van der Waals surface area contributed by atoms with Gasteiger partial charge in [-0.3, -0.25) is 4.90 Å². The number of ether oxygens (including phenoxy) is 1. The average molecular weight is 313 g/mol. The third kappa shape index (κ3) is 4.86. The Bertz CT molecular complexity index is 509. The van der Waals surface area contributed by atoms with Crippen LogP contribution in [0.1, 0.15) is 20.8 Å². The Hall–Kier alpha value is -1.89. The highest BCUT2D eigenvalue weighted by Crippen LogP contribution is 2.24. The first-order valence-corrected chi connectivity index (χ1v) is 6.94. The van der Waals surface area contributed by atoms with Crippen LogP contribution in [0.25, 0.3) is 0 Å². The fraction of sp³-hybridized carbons (Fsp3) is 0.429. The van der Waals surface area contributed by atoms with E-state index in [1.165, 1.54) is 24.3 Å². The van der Waals surface area contributed by atoms with Crippen LogP contribution in [-0.4, -0.2) is 39.7 Å². The number of rotatable bonds is 4. The molecule has 21 heavy (non-hydrogen) atoms. The minimum Gasteiger partial charge on any atom is -0.508 e. The SMILES string of the molecule is CC(C)(C)OC(=O)N(c1ccc(O)cc1)[C@@H](CS)C(=O)O. The summed E-state index contributed by atoms with van der Waals surface area (Å²) in [6, 6.07) is 4.44. The summed E-state index contributed by atoms with van der Waals surface area (Å²) in [6.45, 7) is 5.07. The zero-order chi connectivity index (χ0) is 16.2. The second-order valence-electron chi connectivity index (χ2n) is 5.40. The van der Waals surface area contributed by atoms with Gasteiger partial charge in [0, 0.05) is 11.4 Å². The third-order valence-corrected chi connectivity index (χ3v) is 2.83. The molecule has 116 valence electrons. The van der Waals surface area contributed by atoms with Crippen molar-refractivity contribution in [2.24, 2.45) is 0 Å². The Labute approximate surface area is 128 Å². The van der Waals surface area contributed by atoms with Crippen molar-refractivity contribution < 1.29 is 24.5 Å². The maximum atomic E-state index is 12.3. The van der Waals surface area contributed by atoms with Gasteiger partial charge in [-0.2, -0.15) is 12.6 Å². The van der Waals surface area contributed by atoms with E-state index in [0.29, 0.717) is 5.69 Å². The summed E-state index contributed by atoms with van der Waals surface area (Å²) >= 11 is 3.99. The first kappa shape index (κ1) is 17.2. The van der Waals surface area contributed by atoms with Gasteiger partial charge in [-0.15, -0.1) is 0 Å². The molecule has 0 spiro atoms. The molecule has 1 aromatic carbocycles. The normalized spacial score (nSPS) is 12.6. The summed E-state index contributed by atoms with van der Waals surface area (Å²) in [7, 11) is 0. The summed E-state index contributed by atoms with van der Waals surface area (Å²) in [5.41, 5.74) is -0.449. The lowest BCUT2D eigenvalue weighted by Gasteiger charge is -2.30. The Morgan fingerprint density at radius 3 is 2.19 bits per heavy atom. The minimum atomic E-state index is -1.19. The van der Waals surface area contributed by atoms with Crippen molar-refractivity contribution >= 4 is 30.4 Å². The quantitative estimate of drug-likeness (QED) is 0.744. The van der Waals surface area contributed by atoms with E-state index in [0.717, 1.165) is 4.90 Å². The lowest BCUT2D eigenvalue weighted by Crippen LogP contribution is -2.48. The molecule has 0 aromatic heterocycles. The third-order valence-electron chi connectivity index (χ3n) is 2.49. The van der Waals surface area contributed by atoms with E-state index in [9.17, 15) is 19.8 Å². The smallest absolute Gasteiger partial charge is 0.415 e. The number of carbonyl (C=O) groups is 2. The van der Waals surface area contributed by atoms with Crippen LogP contribution >= 0.6 is 12.6 Å². The number of hydrogen-bond acceptors (Lipinski definition) is 5. The van der Waals surface area contributed by atoms with Crippen molar-refractivity contribution in [2.75, 3.05) is 10.7 Å². The van der Waals surface area contributed by atoms with Crippen LogP contribution in [0.15, 0.2) is 24.3 Å². The largest absolute Gasteiger partial charge is 0.508 e. The van der Waals surface area contributed by atoms with E-state index < -0.39 is 23.7 Å². The molecule has 0 aliphatic carbocycles. The summed E-state index contributed by atoms with van der Waals surface area (Å²) < 4.78 is 5.24. The van der Waals surface area contributed by atoms with E-state index in [1.54, 1.807) is 20.8 Å². The first-order valence-electron chi connectivity index (χ1n) is 6.30. The van der Waals surface area contributed by atoms with Crippen molar-refractivity contribution in [1.82, 2.24) is 0 Å². The van der Waals surface area contributed by atoms with E-state index in [2.05, 4.69) is 12.6 Å². The Kier molecular flexibility index (Phi) is 5.48. The molecule has 6 nitrogen and oxygen atoms in total. The number of carbonyl (C=O) groups excluding carboxylic acids is 1. The fourth-order valence-corrected chi connectivity index (χ4v) is 1.93. The van der Waals surface area contributed by atoms with Crippen LogP contribution in [0, 0.1) is 0 Å². The molecule has 0 saturated heterocycles. The molecule has 0 bridgehead atoms. The maximum absolute atomic E-state index is 12.3. The highest BCUT2D eigenvalue weighted by atomic mass is 32.1. The van der Waals surface area contributed by atoms with Gasteiger partial charge in [0.05, 0.1) is 0 Å². The highest BCUT2D eigenvalue weighted by Gasteiger charge is 2.33. The van der Waals surface area contributed by atoms with Crippen LogP contribution in [0.3, 0.4) is 0 Å². The summed E-state index contributed by atoms with van der Waals surface area (Å²) in [5, 5.41) is 18.6. The summed E-state index contributed by atoms with van der Waals surface area (Å²) in [4.78, 5) is 24.6. The standard InChI is InChI=1S/C14H19NO5S/c1-14(2,3)20-13(19)15(11(8-21)12(17)18)9-4-6-10(16)7-5-9/h4-7,11,16,21H,8H2,1-3H3,(H,17,18)/t11-/m0/s1. The zero-order valence-corrected chi connectivity index (χ0v) is 13.0. The van der Waals surface area contributed by atoms with Gasteiger partial charge in [0.1, 0.15) is 17.4 Å². The van der Waals surface area contributed by atoms with Gasteiger partial charge in [-0.05, 0) is 45.0 Å². The number of hydrogen-bond donors (Lipinski definition) is 3. The molecule has 0 fully saturated rings. The molecule has 0 unspecified atom stereocenters. The van der Waals surface area contributed by atoms with Gasteiger partial charge < -0.3 is 14.9 Å². The Morgan fingerprint density at radius 2 is 1.81 bits per heavy atom. The lowest BCUT2D eigenvalue weighted by molar-refractivity contribution is -0.138. The van der Waals surface area contributed by atoms with Gasteiger partial charge in [0.25, 0.3) is 0 Å². The first-order chi connectivity index (χ1) is 9.65. The molecule has 0 radical (unpaired) electrons. The number of carboxylic acids is 1. The van der Waals surface area contributed by atoms with E-state index in [4.69, 9.17) is 4.74 Å². The van der Waals surface area contributed by atoms with Gasteiger partial charge >= 0.3 is 12.1 Å². The summed E-state index contributed by atoms with van der Waals surface area (Å²) in [6.07, 6.45) is -0.783. The van der Waals surface area contributed by atoms with Crippen molar-refractivity contribution in [3.63, 3.8) is 0 Å². The molecular weight excluding hydrogens is 294 g/mol. The Morgan fingerprint density at radius 1 is 1.29 bits per heavy atom. The number of phenols is 1. The number of carboxylic acid groups (broad SMARTS) is 1. The molecule has 1 aromatic rings. The number of amides is 1. The van der Waals surface area contributed by atoms with E-state index in [-0.39, 0.29) is 11.5 Å². The minimum absolute atomic E-state index is 0.0145. The number of thiol groups is 1. The predicted octanol–water partition coefficient (Wildman–Crippen LogP) is 2.52. The van der Waals surface area contributed by atoms with Gasteiger partial charge in [-0.1, -0.05) is 0 Å². The number of phenolic OH excluding ortho intramolecular Hbond substituents is 1. The predicted molar refractivity (Wildman–Crippen MR) is 82.1 cm³/mol. The molecule has 1 rings (SSSR count). The van der Waals surface area contributed by atoms with Crippen molar-refractivity contribution in [3.05, 3.63) is 24.3 Å². The molecular formula is C14H19NO5S. The summed E-state index contributed by atoms with van der Waals surface area (Å²) in [5.74, 6) is -1.25. The topological polar surface area (TPSA) is 87.1 Å². The van der Waals surface area contributed by atoms with Crippen molar-refractivity contribution in [2.45, 2.75) is 32.4 Å². The second kappa shape index (κ2) is 6.71.